The van der Waals surface area contributed by atoms with Crippen LogP contribution in [-0.2, 0) is 14.3 Å². The maximum Gasteiger partial charge on any atom is 0.410 e. The summed E-state index contributed by atoms with van der Waals surface area (Å²) in [7, 11) is 1.33. The molecule has 0 aromatic heterocycles. The van der Waals surface area contributed by atoms with Crippen molar-refractivity contribution in [3.05, 3.63) is 34.3 Å². The molecule has 7 nitrogen and oxygen atoms in total. The van der Waals surface area contributed by atoms with Crippen molar-refractivity contribution >= 4 is 28.0 Å². The minimum Gasteiger partial charge on any atom is -0.468 e. The fourth-order valence-corrected chi connectivity index (χ4v) is 4.30. The van der Waals surface area contributed by atoms with Crippen LogP contribution >= 0.6 is 15.9 Å². The standard InChI is InChI=1S/C20H24BrN3O4/c1-19(2,3)28-18(26)24-10-20(11-24)14(9-22)15(23-16(20)17(25)27-4)12-5-7-13(21)8-6-12/h5-8,14-16,23H,10-11H2,1-4H3/t14-,15+,16-/m0/s1. The minimum absolute atomic E-state index is 0.264. The van der Waals surface area contributed by atoms with Gasteiger partial charge in [0.1, 0.15) is 11.6 Å². The summed E-state index contributed by atoms with van der Waals surface area (Å²) in [5.74, 6) is -0.917. The Morgan fingerprint density at radius 3 is 2.39 bits per heavy atom. The van der Waals surface area contributed by atoms with E-state index in [4.69, 9.17) is 9.47 Å². The van der Waals surface area contributed by atoms with Crippen LogP contribution in [0.2, 0.25) is 0 Å². The fraction of sp³-hybridized carbons (Fsp3) is 0.550. The summed E-state index contributed by atoms with van der Waals surface area (Å²) in [5.41, 5.74) is -0.406. The van der Waals surface area contributed by atoms with Gasteiger partial charge < -0.3 is 14.4 Å². The highest BCUT2D eigenvalue weighted by molar-refractivity contribution is 9.10. The van der Waals surface area contributed by atoms with Crippen LogP contribution in [0.15, 0.2) is 28.7 Å². The average Bonchev–Trinajstić information content (AvgIpc) is 2.94. The van der Waals surface area contributed by atoms with Gasteiger partial charge in [-0.3, -0.25) is 10.1 Å². The van der Waals surface area contributed by atoms with Crippen LogP contribution in [0.4, 0.5) is 4.79 Å². The summed E-state index contributed by atoms with van der Waals surface area (Å²) in [4.78, 5) is 26.4. The Morgan fingerprint density at radius 2 is 1.89 bits per heavy atom. The zero-order chi connectivity index (χ0) is 20.7. The number of benzene rings is 1. The minimum atomic E-state index is -0.712. The molecule has 1 amide bonds. The number of halogens is 1. The lowest BCUT2D eigenvalue weighted by molar-refractivity contribution is -0.150. The van der Waals surface area contributed by atoms with Gasteiger partial charge in [-0.25, -0.2) is 4.79 Å². The lowest BCUT2D eigenvalue weighted by atomic mass is 9.65. The number of ether oxygens (including phenoxy) is 2. The van der Waals surface area contributed by atoms with E-state index in [1.165, 1.54) is 12.0 Å². The van der Waals surface area contributed by atoms with E-state index < -0.39 is 35.0 Å². The van der Waals surface area contributed by atoms with Gasteiger partial charge in [-0.2, -0.15) is 5.26 Å². The van der Waals surface area contributed by atoms with Crippen molar-refractivity contribution in [2.24, 2.45) is 11.3 Å². The Kier molecular flexibility index (Phi) is 5.43. The second-order valence-electron chi connectivity index (χ2n) is 8.33. The maximum atomic E-state index is 12.5. The Hall–Kier alpha value is -2.11. The van der Waals surface area contributed by atoms with Crippen LogP contribution in [0, 0.1) is 22.7 Å². The van der Waals surface area contributed by atoms with E-state index >= 15 is 0 Å². The van der Waals surface area contributed by atoms with Crippen molar-refractivity contribution in [3.63, 3.8) is 0 Å². The zero-order valence-corrected chi connectivity index (χ0v) is 17.9. The number of carbonyl (C=O) groups is 2. The second kappa shape index (κ2) is 7.37. The highest BCUT2D eigenvalue weighted by Gasteiger charge is 2.65. The molecule has 0 unspecified atom stereocenters. The predicted molar refractivity (Wildman–Crippen MR) is 105 cm³/mol. The molecule has 0 aliphatic carbocycles. The van der Waals surface area contributed by atoms with Gasteiger partial charge in [-0.15, -0.1) is 0 Å². The van der Waals surface area contributed by atoms with E-state index in [9.17, 15) is 14.9 Å². The first kappa shape index (κ1) is 20.6. The Morgan fingerprint density at radius 1 is 1.29 bits per heavy atom. The molecule has 1 N–H and O–H groups in total. The molecule has 0 saturated carbocycles. The molecule has 8 heteroatoms. The van der Waals surface area contributed by atoms with E-state index in [1.807, 2.05) is 24.3 Å². The predicted octanol–water partition coefficient (Wildman–Crippen LogP) is 3.01. The summed E-state index contributed by atoms with van der Waals surface area (Å²) in [6.45, 7) is 5.93. The molecule has 2 fully saturated rings. The van der Waals surface area contributed by atoms with Crippen molar-refractivity contribution in [3.8, 4) is 6.07 Å². The average molecular weight is 450 g/mol. The summed E-state index contributed by atoms with van der Waals surface area (Å²) in [6.07, 6.45) is -0.439. The molecular weight excluding hydrogens is 426 g/mol. The summed E-state index contributed by atoms with van der Waals surface area (Å²) >= 11 is 3.41. The fourth-order valence-electron chi connectivity index (χ4n) is 4.03. The molecule has 1 aromatic rings. The number of amides is 1. The van der Waals surface area contributed by atoms with Gasteiger partial charge in [0, 0.05) is 29.0 Å². The van der Waals surface area contributed by atoms with Gasteiger partial charge in [0.05, 0.1) is 19.1 Å². The Balaban J connectivity index is 1.88. The highest BCUT2D eigenvalue weighted by Crippen LogP contribution is 2.52. The molecule has 1 aromatic carbocycles. The normalized spacial score (nSPS) is 25.7. The van der Waals surface area contributed by atoms with Crippen LogP contribution in [0.25, 0.3) is 0 Å². The number of hydrogen-bond donors (Lipinski definition) is 1. The summed E-state index contributed by atoms with van der Waals surface area (Å²) in [6, 6.07) is 9.01. The van der Waals surface area contributed by atoms with Gasteiger partial charge in [-0.05, 0) is 38.5 Å². The largest absolute Gasteiger partial charge is 0.468 e. The van der Waals surface area contributed by atoms with Crippen LogP contribution in [0.5, 0.6) is 0 Å². The number of carbonyl (C=O) groups excluding carboxylic acids is 2. The molecule has 3 atom stereocenters. The van der Waals surface area contributed by atoms with Crippen molar-refractivity contribution in [2.45, 2.75) is 38.5 Å². The van der Waals surface area contributed by atoms with Gasteiger partial charge in [0.15, 0.2) is 0 Å². The van der Waals surface area contributed by atoms with Crippen LogP contribution in [-0.4, -0.2) is 48.8 Å². The SMILES string of the molecule is COC(=O)[C@@H]1N[C@H](c2ccc(Br)cc2)[C@H](C#N)C12CN(C(=O)OC(C)(C)C)C2. The van der Waals surface area contributed by atoms with E-state index in [1.54, 1.807) is 20.8 Å². The number of likely N-dealkylation sites (tertiary alicyclic amines) is 1. The molecule has 3 rings (SSSR count). The molecule has 28 heavy (non-hydrogen) atoms. The molecule has 0 radical (unpaired) electrons. The quantitative estimate of drug-likeness (QED) is 0.697. The number of esters is 1. The van der Waals surface area contributed by atoms with Gasteiger partial charge >= 0.3 is 12.1 Å². The lowest BCUT2D eigenvalue weighted by Gasteiger charge is -2.51. The van der Waals surface area contributed by atoms with Gasteiger partial charge in [0.2, 0.25) is 0 Å². The van der Waals surface area contributed by atoms with Crippen molar-refractivity contribution in [2.75, 3.05) is 20.2 Å². The second-order valence-corrected chi connectivity index (χ2v) is 9.24. The molecule has 2 aliphatic rings. The molecular formula is C20H24BrN3O4. The third-order valence-electron chi connectivity index (χ3n) is 5.30. The number of hydrogen-bond acceptors (Lipinski definition) is 6. The number of nitrogens with one attached hydrogen (secondary N) is 1. The summed E-state index contributed by atoms with van der Waals surface area (Å²) in [5, 5.41) is 13.2. The highest BCUT2D eigenvalue weighted by atomic mass is 79.9. The van der Waals surface area contributed by atoms with E-state index in [-0.39, 0.29) is 19.1 Å². The topological polar surface area (TPSA) is 91.7 Å². The van der Waals surface area contributed by atoms with Crippen LogP contribution in [0.1, 0.15) is 32.4 Å². The van der Waals surface area contributed by atoms with Crippen molar-refractivity contribution < 1.29 is 19.1 Å². The number of nitrogens with zero attached hydrogens (tertiary/aromatic N) is 2. The molecule has 0 bridgehead atoms. The molecule has 150 valence electrons. The Labute approximate surface area is 173 Å². The van der Waals surface area contributed by atoms with Crippen molar-refractivity contribution in [1.29, 1.82) is 5.26 Å². The third-order valence-corrected chi connectivity index (χ3v) is 5.83. The Bertz CT molecular complexity index is 806. The smallest absolute Gasteiger partial charge is 0.410 e. The number of rotatable bonds is 2. The zero-order valence-electron chi connectivity index (χ0n) is 16.4. The van der Waals surface area contributed by atoms with E-state index in [0.717, 1.165) is 10.0 Å². The molecule has 2 heterocycles. The van der Waals surface area contributed by atoms with Gasteiger partial charge in [-0.1, -0.05) is 28.1 Å². The van der Waals surface area contributed by atoms with Gasteiger partial charge in [0.25, 0.3) is 0 Å². The molecule has 2 aliphatic heterocycles. The lowest BCUT2D eigenvalue weighted by Crippen LogP contribution is -2.67. The first-order valence-corrected chi connectivity index (χ1v) is 9.87. The summed E-state index contributed by atoms with van der Waals surface area (Å²) < 4.78 is 11.3. The van der Waals surface area contributed by atoms with E-state index in [2.05, 4.69) is 27.3 Å². The van der Waals surface area contributed by atoms with Crippen molar-refractivity contribution in [1.82, 2.24) is 10.2 Å². The first-order valence-electron chi connectivity index (χ1n) is 9.08. The molecule has 1 spiro atoms. The maximum absolute atomic E-state index is 12.5. The monoisotopic (exact) mass is 449 g/mol. The first-order chi connectivity index (χ1) is 13.1. The number of nitriles is 1. The number of methoxy groups -OCH3 is 1. The van der Waals surface area contributed by atoms with Crippen LogP contribution < -0.4 is 5.32 Å². The third kappa shape index (κ3) is 3.61. The van der Waals surface area contributed by atoms with Crippen LogP contribution in [0.3, 0.4) is 0 Å². The molecule has 2 saturated heterocycles. The van der Waals surface area contributed by atoms with E-state index in [0.29, 0.717) is 0 Å².